The zero-order valence-corrected chi connectivity index (χ0v) is 22.8. The number of ether oxygens (including phenoxy) is 1. The van der Waals surface area contributed by atoms with Crippen molar-refractivity contribution in [3.63, 3.8) is 0 Å². The van der Waals surface area contributed by atoms with E-state index < -0.39 is 12.1 Å². The molecule has 0 aliphatic rings. The minimum Gasteiger partial charge on any atom is -0.445 e. The predicted octanol–water partition coefficient (Wildman–Crippen LogP) is 5.45. The number of benzene rings is 1. The molecule has 2 N–H and O–H groups in total. The highest BCUT2D eigenvalue weighted by atomic mass is 32.1. The molecular formula is C27H40N4O4S. The molecule has 3 amide bonds. The van der Waals surface area contributed by atoms with Gasteiger partial charge < -0.3 is 15.4 Å². The van der Waals surface area contributed by atoms with Crippen LogP contribution in [0.2, 0.25) is 0 Å². The summed E-state index contributed by atoms with van der Waals surface area (Å²) in [6.07, 6.45) is 3.19. The average molecular weight is 517 g/mol. The first-order chi connectivity index (χ1) is 17.2. The van der Waals surface area contributed by atoms with E-state index in [0.717, 1.165) is 30.5 Å². The fourth-order valence-electron chi connectivity index (χ4n) is 3.70. The number of nitrogens with one attached hydrogen (secondary N) is 2. The van der Waals surface area contributed by atoms with E-state index in [4.69, 9.17) is 4.74 Å². The molecule has 0 spiro atoms. The Kier molecular flexibility index (Phi) is 12.4. The van der Waals surface area contributed by atoms with Crippen LogP contribution < -0.4 is 15.5 Å². The van der Waals surface area contributed by atoms with Gasteiger partial charge in [0, 0.05) is 11.9 Å². The molecule has 8 nitrogen and oxygen atoms in total. The van der Waals surface area contributed by atoms with E-state index in [2.05, 4.69) is 36.4 Å². The number of hydrogen-bond donors (Lipinski definition) is 2. The Morgan fingerprint density at radius 1 is 1.08 bits per heavy atom. The van der Waals surface area contributed by atoms with Crippen LogP contribution in [0.3, 0.4) is 0 Å². The number of carbonyl (C=O) groups is 3. The minimum absolute atomic E-state index is 0.130. The molecular weight excluding hydrogens is 476 g/mol. The van der Waals surface area contributed by atoms with E-state index in [1.165, 1.54) is 11.3 Å². The van der Waals surface area contributed by atoms with Crippen molar-refractivity contribution < 1.29 is 19.1 Å². The molecule has 1 aromatic carbocycles. The lowest BCUT2D eigenvalue weighted by Crippen LogP contribution is -2.48. The van der Waals surface area contributed by atoms with Crippen LogP contribution >= 0.6 is 11.3 Å². The molecule has 2 rings (SSSR count). The fraction of sp³-hybridized carbons (Fsp3) is 0.556. The van der Waals surface area contributed by atoms with E-state index in [1.54, 1.807) is 4.90 Å². The molecule has 2 atom stereocenters. The highest BCUT2D eigenvalue weighted by molar-refractivity contribution is 7.13. The second-order valence-corrected chi connectivity index (χ2v) is 10.6. The summed E-state index contributed by atoms with van der Waals surface area (Å²) in [5.74, 6) is 0.207. The third-order valence-electron chi connectivity index (χ3n) is 5.54. The summed E-state index contributed by atoms with van der Waals surface area (Å²) in [5, 5.41) is 8.35. The number of rotatable bonds is 15. The molecule has 0 radical (unpaired) electrons. The van der Waals surface area contributed by atoms with Gasteiger partial charge in [0.2, 0.25) is 12.3 Å². The number of thiazole rings is 1. The molecule has 0 aliphatic carbocycles. The van der Waals surface area contributed by atoms with Crippen molar-refractivity contribution in [2.75, 3.05) is 11.4 Å². The van der Waals surface area contributed by atoms with Crippen molar-refractivity contribution in [3.8, 4) is 0 Å². The first kappa shape index (κ1) is 29.3. The summed E-state index contributed by atoms with van der Waals surface area (Å²) >= 11 is 1.39. The molecule has 2 aromatic rings. The van der Waals surface area contributed by atoms with E-state index in [-0.39, 0.29) is 24.5 Å². The lowest BCUT2D eigenvalue weighted by molar-refractivity contribution is -0.124. The lowest BCUT2D eigenvalue weighted by Gasteiger charge is -2.24. The van der Waals surface area contributed by atoms with Crippen LogP contribution in [0.15, 0.2) is 35.7 Å². The molecule has 0 fully saturated rings. The number of hydrogen-bond acceptors (Lipinski definition) is 6. The van der Waals surface area contributed by atoms with Crippen molar-refractivity contribution in [3.05, 3.63) is 47.0 Å². The summed E-state index contributed by atoms with van der Waals surface area (Å²) in [6, 6.07) is 8.32. The Bertz CT molecular complexity index is 948. The molecule has 198 valence electrons. The molecule has 1 heterocycles. The SMILES string of the molecule is CCCCN(C=O)c1nc([C@H](CC(C)C)NC(=O)[C@H](CC(C)C)NC(=O)OCc2ccccc2)cs1. The topological polar surface area (TPSA) is 101 Å². The number of anilines is 1. The Hall–Kier alpha value is -2.94. The van der Waals surface area contributed by atoms with E-state index in [0.29, 0.717) is 30.4 Å². The second-order valence-electron chi connectivity index (χ2n) is 9.79. The van der Waals surface area contributed by atoms with Gasteiger partial charge >= 0.3 is 6.09 Å². The van der Waals surface area contributed by atoms with Gasteiger partial charge in [-0.15, -0.1) is 11.3 Å². The van der Waals surface area contributed by atoms with Crippen molar-refractivity contribution >= 4 is 34.9 Å². The normalized spacial score (nSPS) is 12.8. The fourth-order valence-corrected chi connectivity index (χ4v) is 4.57. The molecule has 36 heavy (non-hydrogen) atoms. The summed E-state index contributed by atoms with van der Waals surface area (Å²) in [4.78, 5) is 43.6. The standard InChI is InChI=1S/C27H40N4O4S/c1-6-7-13-31(18-32)26-29-24(17-36-26)22(14-19(2)3)28-25(33)23(15-20(4)5)30-27(34)35-16-21-11-9-8-10-12-21/h8-12,17-20,22-23H,6-7,13-16H2,1-5H3,(H,28,33)(H,30,34)/t22-,23-/m0/s1. The maximum Gasteiger partial charge on any atom is 0.408 e. The van der Waals surface area contributed by atoms with Crippen molar-refractivity contribution in [1.29, 1.82) is 0 Å². The third-order valence-corrected chi connectivity index (χ3v) is 6.44. The van der Waals surface area contributed by atoms with Crippen molar-refractivity contribution in [2.24, 2.45) is 11.8 Å². The van der Waals surface area contributed by atoms with Gasteiger partial charge in [-0.3, -0.25) is 14.5 Å². The molecule has 0 saturated heterocycles. The van der Waals surface area contributed by atoms with E-state index in [1.807, 2.05) is 49.6 Å². The number of amides is 3. The Labute approximate surface area is 218 Å². The molecule has 9 heteroatoms. The first-order valence-electron chi connectivity index (χ1n) is 12.7. The van der Waals surface area contributed by atoms with Gasteiger partial charge in [-0.25, -0.2) is 9.78 Å². The highest BCUT2D eigenvalue weighted by Gasteiger charge is 2.27. The van der Waals surface area contributed by atoms with Crippen molar-refractivity contribution in [2.45, 2.75) is 79.0 Å². The lowest BCUT2D eigenvalue weighted by atomic mass is 9.99. The average Bonchev–Trinajstić information content (AvgIpc) is 3.32. The van der Waals surface area contributed by atoms with Crippen LogP contribution in [0.4, 0.5) is 9.93 Å². The first-order valence-corrected chi connectivity index (χ1v) is 13.6. The van der Waals surface area contributed by atoms with Crippen LogP contribution in [0.1, 0.15) is 77.6 Å². The number of unbranched alkanes of at least 4 members (excludes halogenated alkanes) is 1. The van der Waals surface area contributed by atoms with Gasteiger partial charge in [-0.05, 0) is 36.7 Å². The van der Waals surface area contributed by atoms with Gasteiger partial charge in [-0.1, -0.05) is 71.4 Å². The van der Waals surface area contributed by atoms with Crippen molar-refractivity contribution in [1.82, 2.24) is 15.6 Å². The Morgan fingerprint density at radius 3 is 2.39 bits per heavy atom. The van der Waals surface area contributed by atoms with Crippen LogP contribution in [-0.2, 0) is 20.9 Å². The summed E-state index contributed by atoms with van der Waals surface area (Å²) < 4.78 is 5.34. The highest BCUT2D eigenvalue weighted by Crippen LogP contribution is 2.28. The Morgan fingerprint density at radius 2 is 1.78 bits per heavy atom. The van der Waals surface area contributed by atoms with Gasteiger partial charge in [0.1, 0.15) is 12.6 Å². The van der Waals surface area contributed by atoms with Gasteiger partial charge in [0.05, 0.1) is 11.7 Å². The van der Waals surface area contributed by atoms with Gasteiger partial charge in [-0.2, -0.15) is 0 Å². The van der Waals surface area contributed by atoms with E-state index in [9.17, 15) is 14.4 Å². The zero-order valence-electron chi connectivity index (χ0n) is 22.0. The van der Waals surface area contributed by atoms with E-state index >= 15 is 0 Å². The third kappa shape index (κ3) is 9.97. The smallest absolute Gasteiger partial charge is 0.408 e. The molecule has 0 bridgehead atoms. The summed E-state index contributed by atoms with van der Waals surface area (Å²) in [7, 11) is 0. The predicted molar refractivity (Wildman–Crippen MR) is 144 cm³/mol. The van der Waals surface area contributed by atoms with Crippen LogP contribution in [-0.4, -0.2) is 36.0 Å². The molecule has 0 saturated carbocycles. The molecule has 0 aliphatic heterocycles. The largest absolute Gasteiger partial charge is 0.445 e. The summed E-state index contributed by atoms with van der Waals surface area (Å²) in [5.41, 5.74) is 1.59. The minimum atomic E-state index is -0.739. The Balaban J connectivity index is 2.10. The zero-order chi connectivity index (χ0) is 26.5. The quantitative estimate of drug-likeness (QED) is 0.307. The van der Waals surface area contributed by atoms with Crippen LogP contribution in [0.25, 0.3) is 0 Å². The maximum absolute atomic E-state index is 13.3. The number of aromatic nitrogens is 1. The number of carbonyl (C=O) groups excluding carboxylic acids is 3. The maximum atomic E-state index is 13.3. The monoisotopic (exact) mass is 516 g/mol. The van der Waals surface area contributed by atoms with Gasteiger partial charge in [0.25, 0.3) is 0 Å². The molecule has 1 aromatic heterocycles. The second kappa shape index (κ2) is 15.2. The van der Waals surface area contributed by atoms with Crippen LogP contribution in [0, 0.1) is 11.8 Å². The number of nitrogens with zero attached hydrogens (tertiary/aromatic N) is 2. The van der Waals surface area contributed by atoms with Gasteiger partial charge in [0.15, 0.2) is 5.13 Å². The summed E-state index contributed by atoms with van der Waals surface area (Å²) in [6.45, 7) is 11.0. The molecule has 0 unspecified atom stereocenters. The van der Waals surface area contributed by atoms with Crippen LogP contribution in [0.5, 0.6) is 0 Å². The number of alkyl carbamates (subject to hydrolysis) is 1.